The SMILES string of the molecule is CCCNc1nc(NC)nc2cc(-n3ccc(CCC(=O)NCCN4CCCCC4)c3)ccc12. The van der Waals surface area contributed by atoms with E-state index in [1.54, 1.807) is 0 Å². The number of amides is 1. The number of likely N-dealkylation sites (tertiary alicyclic amines) is 1. The van der Waals surface area contributed by atoms with Gasteiger partial charge in [-0.2, -0.15) is 4.98 Å². The van der Waals surface area contributed by atoms with E-state index in [-0.39, 0.29) is 5.91 Å². The van der Waals surface area contributed by atoms with Gasteiger partial charge in [-0.25, -0.2) is 4.98 Å². The van der Waals surface area contributed by atoms with Crippen molar-refractivity contribution in [3.05, 3.63) is 42.2 Å². The maximum absolute atomic E-state index is 12.3. The fourth-order valence-corrected chi connectivity index (χ4v) is 4.40. The fraction of sp³-hybridized carbons (Fsp3) is 0.500. The summed E-state index contributed by atoms with van der Waals surface area (Å²) in [6.45, 7) is 7.02. The largest absolute Gasteiger partial charge is 0.369 e. The quantitative estimate of drug-likeness (QED) is 0.401. The third-order valence-electron chi connectivity index (χ3n) is 6.34. The fourth-order valence-electron chi connectivity index (χ4n) is 4.40. The summed E-state index contributed by atoms with van der Waals surface area (Å²) in [7, 11) is 1.83. The Labute approximate surface area is 202 Å². The Morgan fingerprint density at radius 1 is 1.09 bits per heavy atom. The molecule has 3 aromatic rings. The topological polar surface area (TPSA) is 87.1 Å². The number of hydrogen-bond acceptors (Lipinski definition) is 6. The molecule has 0 radical (unpaired) electrons. The minimum atomic E-state index is 0.124. The maximum Gasteiger partial charge on any atom is 0.224 e. The number of aryl methyl sites for hydroxylation is 1. The molecule has 2 aromatic heterocycles. The third kappa shape index (κ3) is 6.26. The molecule has 0 aliphatic carbocycles. The highest BCUT2D eigenvalue weighted by molar-refractivity contribution is 5.91. The highest BCUT2D eigenvalue weighted by atomic mass is 16.1. The molecule has 0 spiro atoms. The lowest BCUT2D eigenvalue weighted by atomic mass is 10.1. The molecule has 8 heteroatoms. The van der Waals surface area contributed by atoms with Gasteiger partial charge in [0.2, 0.25) is 11.9 Å². The second-order valence-electron chi connectivity index (χ2n) is 8.95. The molecule has 1 aromatic carbocycles. The Kier molecular flexibility index (Phi) is 8.36. The van der Waals surface area contributed by atoms with Crippen molar-refractivity contribution >= 4 is 28.6 Å². The van der Waals surface area contributed by atoms with E-state index in [4.69, 9.17) is 0 Å². The molecule has 3 N–H and O–H groups in total. The first-order valence-electron chi connectivity index (χ1n) is 12.6. The number of aromatic nitrogens is 3. The highest BCUT2D eigenvalue weighted by Crippen LogP contribution is 2.25. The number of carbonyl (C=O) groups excluding carboxylic acids is 1. The number of benzene rings is 1. The number of carbonyl (C=O) groups is 1. The monoisotopic (exact) mass is 463 g/mol. The van der Waals surface area contributed by atoms with E-state index in [1.807, 2.05) is 13.2 Å². The Morgan fingerprint density at radius 2 is 1.94 bits per heavy atom. The van der Waals surface area contributed by atoms with Crippen LogP contribution in [0.1, 0.15) is 44.6 Å². The zero-order valence-electron chi connectivity index (χ0n) is 20.4. The van der Waals surface area contributed by atoms with Crippen molar-refractivity contribution < 1.29 is 4.79 Å². The van der Waals surface area contributed by atoms with Crippen LogP contribution < -0.4 is 16.0 Å². The van der Waals surface area contributed by atoms with Gasteiger partial charge in [-0.3, -0.25) is 4.79 Å². The van der Waals surface area contributed by atoms with Gasteiger partial charge in [0.15, 0.2) is 0 Å². The van der Waals surface area contributed by atoms with Crippen LogP contribution in [0.4, 0.5) is 11.8 Å². The number of nitrogens with zero attached hydrogens (tertiary/aromatic N) is 4. The summed E-state index contributed by atoms with van der Waals surface area (Å²) in [5.74, 6) is 1.57. The van der Waals surface area contributed by atoms with Crippen LogP contribution in [0.3, 0.4) is 0 Å². The van der Waals surface area contributed by atoms with Gasteiger partial charge < -0.3 is 25.4 Å². The summed E-state index contributed by atoms with van der Waals surface area (Å²) >= 11 is 0. The summed E-state index contributed by atoms with van der Waals surface area (Å²) in [5.41, 5.74) is 3.07. The lowest BCUT2D eigenvalue weighted by Gasteiger charge is -2.26. The molecule has 8 nitrogen and oxygen atoms in total. The Bertz CT molecular complexity index is 1090. The molecular formula is C26H37N7O. The van der Waals surface area contributed by atoms with Crippen LogP contribution >= 0.6 is 0 Å². The van der Waals surface area contributed by atoms with E-state index in [2.05, 4.69) is 72.8 Å². The second kappa shape index (κ2) is 11.8. The van der Waals surface area contributed by atoms with Crippen LogP contribution in [-0.2, 0) is 11.2 Å². The number of nitrogens with one attached hydrogen (secondary N) is 3. The van der Waals surface area contributed by atoms with E-state index in [1.165, 1.54) is 19.3 Å². The first-order chi connectivity index (χ1) is 16.7. The van der Waals surface area contributed by atoms with Crippen molar-refractivity contribution in [2.24, 2.45) is 0 Å². The first-order valence-corrected chi connectivity index (χ1v) is 12.6. The minimum Gasteiger partial charge on any atom is -0.369 e. The van der Waals surface area contributed by atoms with Gasteiger partial charge in [-0.15, -0.1) is 0 Å². The number of fused-ring (bicyclic) bond motifs is 1. The molecule has 3 heterocycles. The Balaban J connectivity index is 1.35. The second-order valence-corrected chi connectivity index (χ2v) is 8.95. The summed E-state index contributed by atoms with van der Waals surface area (Å²) in [6, 6.07) is 8.31. The molecule has 182 valence electrons. The molecular weight excluding hydrogens is 426 g/mol. The van der Waals surface area contributed by atoms with Crippen LogP contribution in [0, 0.1) is 0 Å². The van der Waals surface area contributed by atoms with E-state index in [0.29, 0.717) is 12.4 Å². The van der Waals surface area contributed by atoms with Gasteiger partial charge in [0.05, 0.1) is 5.52 Å². The predicted molar refractivity (Wildman–Crippen MR) is 139 cm³/mol. The molecule has 0 unspecified atom stereocenters. The van der Waals surface area contributed by atoms with Gasteiger partial charge in [-0.05, 0) is 68.6 Å². The molecule has 1 fully saturated rings. The van der Waals surface area contributed by atoms with Gasteiger partial charge in [0.1, 0.15) is 5.82 Å². The summed E-state index contributed by atoms with van der Waals surface area (Å²) < 4.78 is 2.09. The van der Waals surface area contributed by atoms with Crippen molar-refractivity contribution in [3.63, 3.8) is 0 Å². The van der Waals surface area contributed by atoms with Gasteiger partial charge >= 0.3 is 0 Å². The predicted octanol–water partition coefficient (Wildman–Crippen LogP) is 3.82. The Morgan fingerprint density at radius 3 is 2.74 bits per heavy atom. The zero-order valence-corrected chi connectivity index (χ0v) is 20.4. The Hall–Kier alpha value is -3.13. The van der Waals surface area contributed by atoms with Gasteiger partial charge in [-0.1, -0.05) is 13.3 Å². The van der Waals surface area contributed by atoms with Crippen molar-refractivity contribution in [2.45, 2.75) is 45.4 Å². The molecule has 0 saturated carbocycles. The van der Waals surface area contributed by atoms with E-state index in [9.17, 15) is 4.79 Å². The molecule has 4 rings (SSSR count). The van der Waals surface area contributed by atoms with E-state index < -0.39 is 0 Å². The molecule has 1 aliphatic rings. The first kappa shape index (κ1) is 24.0. The zero-order chi connectivity index (χ0) is 23.8. The molecule has 0 bridgehead atoms. The molecule has 1 amide bonds. The maximum atomic E-state index is 12.3. The van der Waals surface area contributed by atoms with E-state index in [0.717, 1.165) is 73.5 Å². The number of piperidine rings is 1. The lowest BCUT2D eigenvalue weighted by Crippen LogP contribution is -2.37. The summed E-state index contributed by atoms with van der Waals surface area (Å²) in [6.07, 6.45) is 10.3. The van der Waals surface area contributed by atoms with Crippen molar-refractivity contribution in [1.29, 1.82) is 0 Å². The summed E-state index contributed by atoms with van der Waals surface area (Å²) in [5, 5.41) is 10.5. The summed E-state index contributed by atoms with van der Waals surface area (Å²) in [4.78, 5) is 23.9. The van der Waals surface area contributed by atoms with Crippen LogP contribution in [0.15, 0.2) is 36.7 Å². The van der Waals surface area contributed by atoms with Crippen molar-refractivity contribution in [3.8, 4) is 5.69 Å². The van der Waals surface area contributed by atoms with Crippen LogP contribution in [-0.4, -0.2) is 65.1 Å². The number of anilines is 2. The molecule has 1 saturated heterocycles. The van der Waals surface area contributed by atoms with Crippen LogP contribution in [0.2, 0.25) is 0 Å². The average molecular weight is 464 g/mol. The highest BCUT2D eigenvalue weighted by Gasteiger charge is 2.11. The van der Waals surface area contributed by atoms with Gasteiger partial charge in [0.25, 0.3) is 0 Å². The lowest BCUT2D eigenvalue weighted by molar-refractivity contribution is -0.121. The third-order valence-corrected chi connectivity index (χ3v) is 6.34. The number of rotatable bonds is 11. The normalized spacial score (nSPS) is 14.3. The van der Waals surface area contributed by atoms with Gasteiger partial charge in [0, 0.05) is 56.6 Å². The molecule has 34 heavy (non-hydrogen) atoms. The number of hydrogen-bond donors (Lipinski definition) is 3. The standard InChI is InChI=1S/C26H37N7O/c1-3-12-29-25-22-9-8-21(18-23(22)30-26(27-2)31-25)33-16-11-20(19-33)7-10-24(34)28-13-17-32-14-5-4-6-15-32/h8-9,11,16,18-19H,3-7,10,12-15,17H2,1-2H3,(H,28,34)(H2,27,29,30,31). The minimum absolute atomic E-state index is 0.124. The van der Waals surface area contributed by atoms with Crippen molar-refractivity contribution in [1.82, 2.24) is 24.8 Å². The van der Waals surface area contributed by atoms with E-state index >= 15 is 0 Å². The smallest absolute Gasteiger partial charge is 0.224 e. The van der Waals surface area contributed by atoms with Crippen LogP contribution in [0.5, 0.6) is 0 Å². The molecule has 0 atom stereocenters. The van der Waals surface area contributed by atoms with Crippen LogP contribution in [0.25, 0.3) is 16.6 Å². The van der Waals surface area contributed by atoms with Crippen molar-refractivity contribution in [2.75, 3.05) is 50.4 Å². The average Bonchev–Trinajstić information content (AvgIpc) is 3.35. The molecule has 1 aliphatic heterocycles.